The second-order valence-electron chi connectivity index (χ2n) is 4.49. The van der Waals surface area contributed by atoms with Gasteiger partial charge in [0.15, 0.2) is 0 Å². The molecule has 1 heterocycles. The first-order chi connectivity index (χ1) is 9.87. The predicted octanol–water partition coefficient (Wildman–Crippen LogP) is 4.42. The molecule has 114 valence electrons. The first-order valence-corrected chi connectivity index (χ1v) is 9.49. The summed E-state index contributed by atoms with van der Waals surface area (Å²) in [7, 11) is -3.58. The summed E-state index contributed by atoms with van der Waals surface area (Å²) >= 11 is 4.45. The zero-order valence-corrected chi connectivity index (χ0v) is 14.8. The van der Waals surface area contributed by atoms with Crippen molar-refractivity contribution in [2.45, 2.75) is 24.1 Å². The van der Waals surface area contributed by atoms with Crippen LogP contribution in [0.2, 0.25) is 0 Å². The minimum Gasteiger partial charge on any atom is -0.207 e. The molecule has 1 unspecified atom stereocenters. The fraction of sp³-hybridized carbons (Fsp3) is 0.286. The topological polar surface area (TPSA) is 37.4 Å². The second-order valence-corrected chi connectivity index (χ2v) is 8.35. The highest BCUT2D eigenvalue weighted by atomic mass is 79.9. The fourth-order valence-corrected chi connectivity index (χ4v) is 6.19. The van der Waals surface area contributed by atoms with Crippen molar-refractivity contribution in [3.8, 4) is 0 Å². The van der Waals surface area contributed by atoms with Crippen LogP contribution in [0.1, 0.15) is 25.5 Å². The summed E-state index contributed by atoms with van der Waals surface area (Å²) in [5, 5.41) is 1.73. The molecule has 0 N–H and O–H groups in total. The molecule has 0 aliphatic heterocycles. The van der Waals surface area contributed by atoms with Crippen LogP contribution in [0.4, 0.5) is 4.39 Å². The van der Waals surface area contributed by atoms with E-state index in [2.05, 4.69) is 15.9 Å². The van der Waals surface area contributed by atoms with E-state index in [1.807, 2.05) is 0 Å². The molecule has 0 fully saturated rings. The van der Waals surface area contributed by atoms with E-state index in [4.69, 9.17) is 0 Å². The summed E-state index contributed by atoms with van der Waals surface area (Å²) in [6.07, 6.45) is 0. The Labute approximate surface area is 136 Å². The molecule has 2 rings (SSSR count). The lowest BCUT2D eigenvalue weighted by Crippen LogP contribution is -2.33. The lowest BCUT2D eigenvalue weighted by Gasteiger charge is -2.27. The summed E-state index contributed by atoms with van der Waals surface area (Å²) in [6.45, 7) is 3.93. The normalized spacial score (nSPS) is 13.6. The molecular formula is C14H15BrFNO2S2. The van der Waals surface area contributed by atoms with Crippen molar-refractivity contribution in [1.29, 1.82) is 0 Å². The van der Waals surface area contributed by atoms with Crippen LogP contribution in [0.15, 0.2) is 44.4 Å². The van der Waals surface area contributed by atoms with Crippen LogP contribution in [-0.2, 0) is 10.0 Å². The third-order valence-electron chi connectivity index (χ3n) is 3.22. The van der Waals surface area contributed by atoms with E-state index in [1.165, 1.54) is 27.8 Å². The highest BCUT2D eigenvalue weighted by Gasteiger charge is 2.31. The number of nitrogens with zero attached hydrogens (tertiary/aromatic N) is 1. The van der Waals surface area contributed by atoms with Crippen molar-refractivity contribution < 1.29 is 12.8 Å². The van der Waals surface area contributed by atoms with Gasteiger partial charge in [-0.1, -0.05) is 19.1 Å². The van der Waals surface area contributed by atoms with Gasteiger partial charge in [-0.3, -0.25) is 0 Å². The largest absolute Gasteiger partial charge is 0.254 e. The molecule has 0 amide bonds. The van der Waals surface area contributed by atoms with Gasteiger partial charge in [0.25, 0.3) is 10.0 Å². The van der Waals surface area contributed by atoms with Gasteiger partial charge in [-0.2, -0.15) is 4.31 Å². The van der Waals surface area contributed by atoms with Crippen LogP contribution in [0.5, 0.6) is 0 Å². The minimum atomic E-state index is -3.58. The van der Waals surface area contributed by atoms with E-state index in [1.54, 1.807) is 37.4 Å². The molecular weight excluding hydrogens is 377 g/mol. The molecule has 0 saturated heterocycles. The van der Waals surface area contributed by atoms with Gasteiger partial charge in [-0.25, -0.2) is 12.8 Å². The molecule has 0 saturated carbocycles. The number of thiophene rings is 1. The number of hydrogen-bond acceptors (Lipinski definition) is 3. The number of benzene rings is 1. The Kier molecular flexibility index (Phi) is 5.19. The molecule has 1 aromatic carbocycles. The number of hydrogen-bond donors (Lipinski definition) is 0. The fourth-order valence-electron chi connectivity index (χ4n) is 2.13. The molecule has 1 aromatic heterocycles. The van der Waals surface area contributed by atoms with Crippen LogP contribution < -0.4 is 0 Å². The van der Waals surface area contributed by atoms with Gasteiger partial charge >= 0.3 is 0 Å². The molecule has 3 nitrogen and oxygen atoms in total. The van der Waals surface area contributed by atoms with E-state index in [-0.39, 0.29) is 11.9 Å². The van der Waals surface area contributed by atoms with Crippen LogP contribution in [0, 0.1) is 5.82 Å². The monoisotopic (exact) mass is 391 g/mol. The third-order valence-corrected chi connectivity index (χ3v) is 7.92. The standard InChI is InChI=1S/C14H15BrFNO2S2/c1-3-17(10(2)11-4-6-12(16)7-5-11)21(18,19)14-13(15)8-9-20-14/h4-10H,3H2,1-2H3. The SMILES string of the molecule is CCN(C(C)c1ccc(F)cc1)S(=O)(=O)c1sccc1Br. The Morgan fingerprint density at radius 1 is 1.29 bits per heavy atom. The summed E-state index contributed by atoms with van der Waals surface area (Å²) in [5.74, 6) is -0.335. The van der Waals surface area contributed by atoms with E-state index in [0.29, 0.717) is 15.2 Å². The Hall–Kier alpha value is -0.760. The van der Waals surface area contributed by atoms with Crippen LogP contribution in [0.25, 0.3) is 0 Å². The quantitative estimate of drug-likeness (QED) is 0.756. The number of sulfonamides is 1. The minimum absolute atomic E-state index is 0.290. The molecule has 0 aliphatic carbocycles. The lowest BCUT2D eigenvalue weighted by molar-refractivity contribution is 0.357. The van der Waals surface area contributed by atoms with Crippen molar-refractivity contribution in [3.05, 3.63) is 51.6 Å². The molecule has 0 aliphatic rings. The van der Waals surface area contributed by atoms with Crippen molar-refractivity contribution in [3.63, 3.8) is 0 Å². The first kappa shape index (κ1) is 16.6. The summed E-state index contributed by atoms with van der Waals surface area (Å²) in [6, 6.07) is 7.26. The molecule has 21 heavy (non-hydrogen) atoms. The Morgan fingerprint density at radius 2 is 1.90 bits per heavy atom. The van der Waals surface area contributed by atoms with Gasteiger partial charge in [0.2, 0.25) is 0 Å². The average molecular weight is 392 g/mol. The molecule has 0 bridgehead atoms. The summed E-state index contributed by atoms with van der Waals surface area (Å²) < 4.78 is 40.8. The van der Waals surface area contributed by atoms with E-state index >= 15 is 0 Å². The van der Waals surface area contributed by atoms with Crippen molar-refractivity contribution in [1.82, 2.24) is 4.31 Å². The van der Waals surface area contributed by atoms with Crippen LogP contribution >= 0.6 is 27.3 Å². The Morgan fingerprint density at radius 3 is 2.38 bits per heavy atom. The number of halogens is 2. The molecule has 2 aromatic rings. The predicted molar refractivity (Wildman–Crippen MR) is 86.4 cm³/mol. The molecule has 7 heteroatoms. The van der Waals surface area contributed by atoms with Crippen molar-refractivity contribution in [2.75, 3.05) is 6.54 Å². The molecule has 0 spiro atoms. The van der Waals surface area contributed by atoms with Gasteiger partial charge in [-0.15, -0.1) is 11.3 Å². The van der Waals surface area contributed by atoms with Gasteiger partial charge in [0.05, 0.1) is 0 Å². The van der Waals surface area contributed by atoms with E-state index in [9.17, 15) is 12.8 Å². The van der Waals surface area contributed by atoms with E-state index < -0.39 is 10.0 Å². The van der Waals surface area contributed by atoms with Crippen LogP contribution in [0.3, 0.4) is 0 Å². The smallest absolute Gasteiger partial charge is 0.207 e. The maximum Gasteiger partial charge on any atom is 0.254 e. The molecule has 1 atom stereocenters. The van der Waals surface area contributed by atoms with E-state index in [0.717, 1.165) is 5.56 Å². The van der Waals surface area contributed by atoms with Crippen molar-refractivity contribution >= 4 is 37.3 Å². The average Bonchev–Trinajstić information content (AvgIpc) is 2.87. The first-order valence-electron chi connectivity index (χ1n) is 6.38. The summed E-state index contributed by atoms with van der Waals surface area (Å²) in [5.41, 5.74) is 0.759. The zero-order chi connectivity index (χ0) is 15.6. The maximum atomic E-state index is 13.0. The Bertz CT molecular complexity index is 713. The second kappa shape index (κ2) is 6.56. The van der Waals surface area contributed by atoms with Gasteiger partial charge in [0.1, 0.15) is 10.0 Å². The third kappa shape index (κ3) is 3.36. The zero-order valence-electron chi connectivity index (χ0n) is 11.6. The lowest BCUT2D eigenvalue weighted by atomic mass is 10.1. The van der Waals surface area contributed by atoms with Gasteiger partial charge in [0, 0.05) is 17.1 Å². The number of rotatable bonds is 5. The van der Waals surface area contributed by atoms with Gasteiger partial charge < -0.3 is 0 Å². The van der Waals surface area contributed by atoms with Crippen LogP contribution in [-0.4, -0.2) is 19.3 Å². The molecule has 0 radical (unpaired) electrons. The highest BCUT2D eigenvalue weighted by molar-refractivity contribution is 9.10. The summed E-state index contributed by atoms with van der Waals surface area (Å²) in [4.78, 5) is 0. The van der Waals surface area contributed by atoms with Crippen molar-refractivity contribution in [2.24, 2.45) is 0 Å². The Balaban J connectivity index is 2.39. The maximum absolute atomic E-state index is 13.0. The highest BCUT2D eigenvalue weighted by Crippen LogP contribution is 2.34. The van der Waals surface area contributed by atoms with Gasteiger partial charge in [-0.05, 0) is 52.0 Å².